The van der Waals surface area contributed by atoms with E-state index in [1.165, 1.54) is 12.8 Å². The van der Waals surface area contributed by atoms with Crippen LogP contribution in [0.2, 0.25) is 0 Å². The van der Waals surface area contributed by atoms with Crippen molar-refractivity contribution in [2.24, 2.45) is 0 Å². The third-order valence-corrected chi connectivity index (χ3v) is 2.27. The van der Waals surface area contributed by atoms with Gasteiger partial charge in [0.05, 0.1) is 6.04 Å². The monoisotopic (exact) mass is 197 g/mol. The van der Waals surface area contributed by atoms with Gasteiger partial charge < -0.3 is 0 Å². The van der Waals surface area contributed by atoms with Crippen molar-refractivity contribution in [1.29, 1.82) is 0 Å². The zero-order valence-corrected chi connectivity index (χ0v) is 7.79. The molecule has 1 aliphatic rings. The topological polar surface area (TPSA) is 46.6 Å². The second-order valence-electron chi connectivity index (χ2n) is 3.21. The van der Waals surface area contributed by atoms with Crippen LogP contribution in [0.4, 0.5) is 5.82 Å². The van der Waals surface area contributed by atoms with Crippen molar-refractivity contribution >= 4 is 22.7 Å². The van der Waals surface area contributed by atoms with Gasteiger partial charge in [0, 0.05) is 19.0 Å². The number of halogens is 1. The fraction of sp³-hybridized carbons (Fsp3) is 0.333. The smallest absolute Gasteiger partial charge is 0.260 e. The van der Waals surface area contributed by atoms with Crippen molar-refractivity contribution in [1.82, 2.24) is 4.98 Å². The zero-order valence-electron chi connectivity index (χ0n) is 7.03. The Hall–Kier alpha value is -0.930. The molecule has 1 aliphatic carbocycles. The Kier molecular flexibility index (Phi) is 2.29. The molecule has 0 radical (unpaired) electrons. The number of carbonyl (C=O) groups excluding carboxylic acids is 1. The quantitative estimate of drug-likeness (QED) is 0.730. The summed E-state index contributed by atoms with van der Waals surface area (Å²) in [5, 5.41) is 1.59. The van der Waals surface area contributed by atoms with Crippen molar-refractivity contribution in [2.45, 2.75) is 18.9 Å². The first kappa shape index (κ1) is 8.66. The maximum Gasteiger partial charge on any atom is 0.260 e. The maximum absolute atomic E-state index is 11.0. The minimum atomic E-state index is -0.431. The van der Waals surface area contributed by atoms with Crippen molar-refractivity contribution in [3.05, 3.63) is 23.9 Å². The van der Waals surface area contributed by atoms with E-state index in [2.05, 4.69) is 4.98 Å². The number of nitrogens with two attached hydrogens (primary N) is 1. The van der Waals surface area contributed by atoms with Crippen molar-refractivity contribution in [3.63, 3.8) is 0 Å². The first-order chi connectivity index (χ1) is 6.27. The summed E-state index contributed by atoms with van der Waals surface area (Å²) in [5.74, 6) is 0.727. The first-order valence-corrected chi connectivity index (χ1v) is 4.65. The molecule has 0 amide bonds. The van der Waals surface area contributed by atoms with Gasteiger partial charge in [0.2, 0.25) is 5.82 Å². The third-order valence-electron chi connectivity index (χ3n) is 2.07. The van der Waals surface area contributed by atoms with Gasteiger partial charge in [0.15, 0.2) is 0 Å². The lowest BCUT2D eigenvalue weighted by molar-refractivity contribution is -0.589. The predicted octanol–water partition coefficient (Wildman–Crippen LogP) is 0.818. The number of rotatable bonds is 3. The number of quaternary nitrogens is 1. The fourth-order valence-corrected chi connectivity index (χ4v) is 1.36. The number of carbonyl (C=O) groups is 1. The SMILES string of the molecule is O=C(Cl)c1cccnc1[NH2+]C1CC1. The standard InChI is InChI=1S/C9H9ClN2O/c10-8(13)7-2-1-5-11-9(7)12-6-3-4-6/h1-2,5-6H,3-4H2,(H,11,12)/p+1. The van der Waals surface area contributed by atoms with Crippen LogP contribution in [0.3, 0.4) is 0 Å². The molecule has 0 spiro atoms. The molecule has 0 unspecified atom stereocenters. The minimum absolute atomic E-state index is 0.431. The first-order valence-electron chi connectivity index (χ1n) is 4.27. The van der Waals surface area contributed by atoms with Crippen LogP contribution < -0.4 is 5.32 Å². The lowest BCUT2D eigenvalue weighted by atomic mass is 10.3. The highest BCUT2D eigenvalue weighted by Crippen LogP contribution is 2.17. The van der Waals surface area contributed by atoms with E-state index >= 15 is 0 Å². The van der Waals surface area contributed by atoms with Crippen LogP contribution in [0.5, 0.6) is 0 Å². The molecule has 4 heteroatoms. The van der Waals surface area contributed by atoms with E-state index < -0.39 is 5.24 Å². The Bertz CT molecular complexity index is 336. The van der Waals surface area contributed by atoms with Crippen molar-refractivity contribution in [2.75, 3.05) is 0 Å². The molecule has 0 saturated heterocycles. The number of pyridine rings is 1. The van der Waals surface area contributed by atoms with Gasteiger partial charge in [-0.05, 0) is 23.7 Å². The molecular weight excluding hydrogens is 188 g/mol. The van der Waals surface area contributed by atoms with E-state index in [1.54, 1.807) is 18.3 Å². The van der Waals surface area contributed by atoms with E-state index in [-0.39, 0.29) is 0 Å². The molecular formula is C9H10ClN2O+. The molecule has 1 saturated carbocycles. The van der Waals surface area contributed by atoms with Crippen molar-refractivity contribution < 1.29 is 10.1 Å². The lowest BCUT2D eigenvalue weighted by Gasteiger charge is -2.00. The van der Waals surface area contributed by atoms with Crippen LogP contribution in [0.1, 0.15) is 23.2 Å². The molecule has 2 rings (SSSR count). The largest absolute Gasteiger partial charge is 0.294 e. The Balaban J connectivity index is 2.25. The summed E-state index contributed by atoms with van der Waals surface area (Å²) in [5.41, 5.74) is 0.510. The number of nitrogens with zero attached hydrogens (tertiary/aromatic N) is 1. The fourth-order valence-electron chi connectivity index (χ4n) is 1.20. The van der Waals surface area contributed by atoms with Gasteiger partial charge >= 0.3 is 0 Å². The number of hydrogen-bond acceptors (Lipinski definition) is 2. The second-order valence-corrected chi connectivity index (χ2v) is 3.56. The van der Waals surface area contributed by atoms with Gasteiger partial charge in [-0.15, -0.1) is 0 Å². The van der Waals surface area contributed by atoms with Crippen LogP contribution in [0, 0.1) is 0 Å². The number of aromatic nitrogens is 1. The van der Waals surface area contributed by atoms with Crippen LogP contribution in [-0.4, -0.2) is 16.3 Å². The van der Waals surface area contributed by atoms with Gasteiger partial charge in [0.25, 0.3) is 5.24 Å². The Morgan fingerprint density at radius 3 is 3.00 bits per heavy atom. The van der Waals surface area contributed by atoms with Gasteiger partial charge in [-0.3, -0.25) is 10.1 Å². The molecule has 3 nitrogen and oxygen atoms in total. The number of hydrogen-bond donors (Lipinski definition) is 1. The summed E-state index contributed by atoms with van der Waals surface area (Å²) < 4.78 is 0. The van der Waals surface area contributed by atoms with Crippen molar-refractivity contribution in [3.8, 4) is 0 Å². The summed E-state index contributed by atoms with van der Waals surface area (Å²) in [6, 6.07) is 4.03. The molecule has 1 fully saturated rings. The molecule has 1 aromatic rings. The van der Waals surface area contributed by atoms with Gasteiger partial charge in [-0.1, -0.05) is 0 Å². The highest BCUT2D eigenvalue weighted by atomic mass is 35.5. The Morgan fingerprint density at radius 1 is 1.62 bits per heavy atom. The zero-order chi connectivity index (χ0) is 9.26. The molecule has 0 aromatic carbocycles. The molecule has 13 heavy (non-hydrogen) atoms. The summed E-state index contributed by atoms with van der Waals surface area (Å²) in [4.78, 5) is 15.1. The molecule has 0 bridgehead atoms. The van der Waals surface area contributed by atoms with E-state index in [0.717, 1.165) is 5.82 Å². The third kappa shape index (κ3) is 2.05. The molecule has 1 aromatic heterocycles. The van der Waals surface area contributed by atoms with E-state index in [9.17, 15) is 4.79 Å². The van der Waals surface area contributed by atoms with Crippen LogP contribution >= 0.6 is 11.6 Å². The average Bonchev–Trinajstić information content (AvgIpc) is 2.89. The normalized spacial score (nSPS) is 15.8. The second kappa shape index (κ2) is 3.44. The summed E-state index contributed by atoms with van der Waals surface area (Å²) in [6.07, 6.45) is 4.08. The molecule has 0 atom stereocenters. The molecule has 68 valence electrons. The predicted molar refractivity (Wildman–Crippen MR) is 49.0 cm³/mol. The molecule has 0 aliphatic heterocycles. The van der Waals surface area contributed by atoms with Crippen LogP contribution in [0.15, 0.2) is 18.3 Å². The Labute approximate surface area is 81.1 Å². The van der Waals surface area contributed by atoms with Gasteiger partial charge in [-0.25, -0.2) is 4.98 Å². The molecule has 1 heterocycles. The highest BCUT2D eigenvalue weighted by Gasteiger charge is 2.28. The van der Waals surface area contributed by atoms with Gasteiger partial charge in [0.1, 0.15) is 5.56 Å². The van der Waals surface area contributed by atoms with E-state index in [1.807, 2.05) is 5.32 Å². The summed E-state index contributed by atoms with van der Waals surface area (Å²) in [6.45, 7) is 0. The van der Waals surface area contributed by atoms with E-state index in [4.69, 9.17) is 11.6 Å². The maximum atomic E-state index is 11.0. The summed E-state index contributed by atoms with van der Waals surface area (Å²) >= 11 is 5.41. The van der Waals surface area contributed by atoms with Gasteiger partial charge in [-0.2, -0.15) is 0 Å². The minimum Gasteiger partial charge on any atom is -0.294 e. The highest BCUT2D eigenvalue weighted by molar-refractivity contribution is 6.68. The molecule has 2 N–H and O–H groups in total. The lowest BCUT2D eigenvalue weighted by Crippen LogP contribution is -2.80. The average molecular weight is 198 g/mol. The van der Waals surface area contributed by atoms with Crippen LogP contribution in [-0.2, 0) is 0 Å². The Morgan fingerprint density at radius 2 is 2.38 bits per heavy atom. The van der Waals surface area contributed by atoms with E-state index in [0.29, 0.717) is 11.6 Å². The summed E-state index contributed by atoms with van der Waals surface area (Å²) in [7, 11) is 0. The van der Waals surface area contributed by atoms with Crippen LogP contribution in [0.25, 0.3) is 0 Å².